The summed E-state index contributed by atoms with van der Waals surface area (Å²) in [5, 5.41) is 11.2. The van der Waals surface area contributed by atoms with Gasteiger partial charge in [0.05, 0.1) is 17.1 Å². The molecule has 3 rings (SSSR count). The summed E-state index contributed by atoms with van der Waals surface area (Å²) in [5.41, 5.74) is 2.97. The maximum absolute atomic E-state index is 12.9. The molecule has 170 valence electrons. The molecule has 0 bridgehead atoms. The standard InChI is InChI=1S/C23H30N6O3/c1-6-8-9-10-11-12-13-29-23(31)21(17(4)27(29)5)24-22(30)20-14-19(26-32-20)18-15-28(7-2)25-16(18)3/h6,8-10,12-13,15,20H,7,11,14H2,1-5H3,(H,24,30)/b8-6-,10-9?,13-12+. The van der Waals surface area contributed by atoms with Gasteiger partial charge in [-0.25, -0.2) is 4.68 Å². The lowest BCUT2D eigenvalue weighted by Gasteiger charge is -2.08. The van der Waals surface area contributed by atoms with Crippen LogP contribution in [0.15, 0.2) is 46.5 Å². The third kappa shape index (κ3) is 4.82. The van der Waals surface area contributed by atoms with Crippen molar-refractivity contribution in [1.29, 1.82) is 0 Å². The van der Waals surface area contributed by atoms with Gasteiger partial charge in [-0.3, -0.25) is 19.0 Å². The summed E-state index contributed by atoms with van der Waals surface area (Å²) in [6.07, 6.45) is 13.5. The number of aromatic nitrogens is 4. The van der Waals surface area contributed by atoms with E-state index in [-0.39, 0.29) is 11.2 Å². The Labute approximate surface area is 187 Å². The molecular formula is C23H30N6O3. The van der Waals surface area contributed by atoms with E-state index in [0.29, 0.717) is 24.2 Å². The Balaban J connectivity index is 1.68. The lowest BCUT2D eigenvalue weighted by molar-refractivity contribution is -0.125. The number of rotatable bonds is 8. The molecule has 0 fully saturated rings. The molecule has 0 saturated heterocycles. The van der Waals surface area contributed by atoms with Gasteiger partial charge >= 0.3 is 0 Å². The summed E-state index contributed by atoms with van der Waals surface area (Å²) in [4.78, 5) is 31.0. The first kappa shape index (κ1) is 23.1. The van der Waals surface area contributed by atoms with Gasteiger partial charge < -0.3 is 10.2 Å². The predicted octanol–water partition coefficient (Wildman–Crippen LogP) is 3.14. The number of amides is 1. The van der Waals surface area contributed by atoms with Crippen molar-refractivity contribution in [1.82, 2.24) is 19.1 Å². The third-order valence-electron chi connectivity index (χ3n) is 5.34. The van der Waals surface area contributed by atoms with Crippen molar-refractivity contribution >= 4 is 23.5 Å². The van der Waals surface area contributed by atoms with E-state index in [0.717, 1.165) is 17.8 Å². The number of allylic oxidation sites excluding steroid dienone is 5. The van der Waals surface area contributed by atoms with Crippen LogP contribution in [0, 0.1) is 13.8 Å². The second kappa shape index (κ2) is 10.1. The molecule has 1 atom stereocenters. The Morgan fingerprint density at radius 2 is 2.09 bits per heavy atom. The number of aryl methyl sites for hydroxylation is 2. The largest absolute Gasteiger partial charge is 0.382 e. The molecule has 0 saturated carbocycles. The molecule has 9 nitrogen and oxygen atoms in total. The number of nitrogens with one attached hydrogen (secondary N) is 1. The van der Waals surface area contributed by atoms with Crippen molar-refractivity contribution < 1.29 is 9.63 Å². The summed E-state index contributed by atoms with van der Waals surface area (Å²) in [7, 11) is 1.77. The lowest BCUT2D eigenvalue weighted by Crippen LogP contribution is -2.30. The van der Waals surface area contributed by atoms with Gasteiger partial charge in [0.25, 0.3) is 11.5 Å². The summed E-state index contributed by atoms with van der Waals surface area (Å²) in [5.74, 6) is -0.402. The van der Waals surface area contributed by atoms with Gasteiger partial charge in [0.2, 0.25) is 6.10 Å². The summed E-state index contributed by atoms with van der Waals surface area (Å²) in [6, 6.07) is 0. The molecule has 1 N–H and O–H groups in total. The number of carbonyl (C=O) groups excluding carboxylic acids is 1. The van der Waals surface area contributed by atoms with E-state index in [1.54, 1.807) is 24.9 Å². The van der Waals surface area contributed by atoms with E-state index in [9.17, 15) is 9.59 Å². The Morgan fingerprint density at radius 1 is 1.31 bits per heavy atom. The number of anilines is 1. The average Bonchev–Trinajstić information content (AvgIpc) is 3.46. The highest BCUT2D eigenvalue weighted by Gasteiger charge is 2.31. The quantitative estimate of drug-likeness (QED) is 0.641. The summed E-state index contributed by atoms with van der Waals surface area (Å²) < 4.78 is 4.98. The Kier molecular flexibility index (Phi) is 7.29. The van der Waals surface area contributed by atoms with Crippen molar-refractivity contribution in [2.45, 2.75) is 53.2 Å². The van der Waals surface area contributed by atoms with E-state index in [4.69, 9.17) is 4.84 Å². The van der Waals surface area contributed by atoms with Crippen LogP contribution < -0.4 is 10.9 Å². The first-order valence-electron chi connectivity index (χ1n) is 10.7. The molecule has 2 aromatic rings. The molecule has 0 aliphatic carbocycles. The summed E-state index contributed by atoms with van der Waals surface area (Å²) in [6.45, 7) is 8.39. The smallest absolute Gasteiger partial charge is 0.294 e. The minimum Gasteiger partial charge on any atom is -0.382 e. The molecule has 2 aromatic heterocycles. The Bertz CT molecular complexity index is 1160. The van der Waals surface area contributed by atoms with Crippen LogP contribution >= 0.6 is 0 Å². The van der Waals surface area contributed by atoms with Crippen LogP contribution in [-0.4, -0.2) is 36.9 Å². The zero-order chi connectivity index (χ0) is 23.3. The highest BCUT2D eigenvalue weighted by atomic mass is 16.6. The fourth-order valence-electron chi connectivity index (χ4n) is 3.39. The Hall–Kier alpha value is -3.62. The molecular weight excluding hydrogens is 408 g/mol. The average molecular weight is 439 g/mol. The van der Waals surface area contributed by atoms with E-state index in [1.807, 2.05) is 62.0 Å². The van der Waals surface area contributed by atoms with Crippen LogP contribution in [0.25, 0.3) is 6.20 Å². The van der Waals surface area contributed by atoms with Gasteiger partial charge in [0, 0.05) is 38.0 Å². The normalized spacial score (nSPS) is 16.4. The number of nitrogens with zero attached hydrogens (tertiary/aromatic N) is 5. The fraction of sp³-hybridized carbons (Fsp3) is 0.391. The topological polar surface area (TPSA) is 95.4 Å². The van der Waals surface area contributed by atoms with E-state index in [1.165, 1.54) is 4.68 Å². The molecule has 1 aliphatic rings. The molecule has 32 heavy (non-hydrogen) atoms. The zero-order valence-electron chi connectivity index (χ0n) is 19.2. The van der Waals surface area contributed by atoms with E-state index in [2.05, 4.69) is 15.6 Å². The molecule has 3 heterocycles. The SMILES string of the molecule is C/C=C\C=CC/C=C/n1c(=O)c(NC(=O)C2CC(c3cn(CC)nc3C)=NO2)c(C)n1C. The van der Waals surface area contributed by atoms with Crippen LogP contribution in [0.3, 0.4) is 0 Å². The van der Waals surface area contributed by atoms with Gasteiger partial charge in [0.1, 0.15) is 5.69 Å². The second-order valence-corrected chi connectivity index (χ2v) is 7.52. The molecule has 1 aliphatic heterocycles. The molecule has 0 radical (unpaired) electrons. The third-order valence-corrected chi connectivity index (χ3v) is 5.34. The van der Waals surface area contributed by atoms with Crippen LogP contribution in [0.5, 0.6) is 0 Å². The van der Waals surface area contributed by atoms with Crippen LogP contribution in [0.1, 0.15) is 43.6 Å². The number of hydrogen-bond acceptors (Lipinski definition) is 5. The van der Waals surface area contributed by atoms with Crippen LogP contribution in [0.4, 0.5) is 5.69 Å². The van der Waals surface area contributed by atoms with Gasteiger partial charge in [-0.15, -0.1) is 0 Å². The van der Waals surface area contributed by atoms with Gasteiger partial charge in [-0.2, -0.15) is 5.10 Å². The predicted molar refractivity (Wildman–Crippen MR) is 126 cm³/mol. The first-order chi connectivity index (χ1) is 15.4. The van der Waals surface area contributed by atoms with Crippen LogP contribution in [-0.2, 0) is 23.2 Å². The molecule has 0 aromatic carbocycles. The van der Waals surface area contributed by atoms with Crippen molar-refractivity contribution in [3.05, 3.63) is 63.9 Å². The maximum atomic E-state index is 12.9. The second-order valence-electron chi connectivity index (χ2n) is 7.52. The van der Waals surface area contributed by atoms with Gasteiger partial charge in [-0.05, 0) is 34.1 Å². The number of carbonyl (C=O) groups is 1. The van der Waals surface area contributed by atoms with E-state index < -0.39 is 12.0 Å². The minimum atomic E-state index is -0.797. The molecule has 0 spiro atoms. The minimum absolute atomic E-state index is 0.235. The monoisotopic (exact) mass is 438 g/mol. The fourth-order valence-corrected chi connectivity index (χ4v) is 3.39. The van der Waals surface area contributed by atoms with Crippen molar-refractivity contribution in [3.8, 4) is 0 Å². The van der Waals surface area contributed by atoms with Crippen molar-refractivity contribution in [2.75, 3.05) is 5.32 Å². The number of hydrogen-bond donors (Lipinski definition) is 1. The van der Waals surface area contributed by atoms with E-state index >= 15 is 0 Å². The molecule has 1 unspecified atom stereocenters. The van der Waals surface area contributed by atoms with Crippen LogP contribution in [0.2, 0.25) is 0 Å². The zero-order valence-corrected chi connectivity index (χ0v) is 19.2. The molecule has 1 amide bonds. The van der Waals surface area contributed by atoms with Crippen molar-refractivity contribution in [3.63, 3.8) is 0 Å². The number of oxime groups is 1. The van der Waals surface area contributed by atoms with Gasteiger partial charge in [0.15, 0.2) is 0 Å². The highest BCUT2D eigenvalue weighted by Crippen LogP contribution is 2.20. The Morgan fingerprint density at radius 3 is 2.78 bits per heavy atom. The molecule has 9 heteroatoms. The van der Waals surface area contributed by atoms with Gasteiger partial charge in [-0.1, -0.05) is 35.5 Å². The lowest BCUT2D eigenvalue weighted by atomic mass is 10.1. The van der Waals surface area contributed by atoms with Crippen molar-refractivity contribution in [2.24, 2.45) is 12.2 Å². The maximum Gasteiger partial charge on any atom is 0.294 e. The first-order valence-corrected chi connectivity index (χ1v) is 10.7. The summed E-state index contributed by atoms with van der Waals surface area (Å²) >= 11 is 0. The highest BCUT2D eigenvalue weighted by molar-refractivity contribution is 6.06.